The van der Waals surface area contributed by atoms with Crippen LogP contribution in [-0.4, -0.2) is 41.3 Å². The molecule has 0 aliphatic rings. The first-order valence-corrected chi connectivity index (χ1v) is 8.46. The van der Waals surface area contributed by atoms with Crippen LogP contribution in [0.3, 0.4) is 0 Å². The molecule has 0 unspecified atom stereocenters. The van der Waals surface area contributed by atoms with Gasteiger partial charge in [0.05, 0.1) is 6.61 Å². The molecule has 2 amide bonds. The van der Waals surface area contributed by atoms with E-state index in [1.165, 1.54) is 10.9 Å². The second-order valence-corrected chi connectivity index (χ2v) is 5.88. The number of nitrogens with zero attached hydrogens (tertiary/aromatic N) is 2. The summed E-state index contributed by atoms with van der Waals surface area (Å²) in [4.78, 5) is 24.0. The average Bonchev–Trinajstić information content (AvgIpc) is 3.01. The van der Waals surface area contributed by atoms with Crippen LogP contribution in [-0.2, 0) is 0 Å². The van der Waals surface area contributed by atoms with Gasteiger partial charge < -0.3 is 15.4 Å². The van der Waals surface area contributed by atoms with Crippen molar-refractivity contribution in [3.8, 4) is 5.75 Å². The number of rotatable bonds is 8. The predicted octanol–water partition coefficient (Wildman–Crippen LogP) is 2.16. The minimum Gasteiger partial charge on any atom is -0.494 e. The van der Waals surface area contributed by atoms with Gasteiger partial charge in [0.25, 0.3) is 11.8 Å². The predicted molar refractivity (Wildman–Crippen MR) is 94.8 cm³/mol. The summed E-state index contributed by atoms with van der Waals surface area (Å²) in [6.07, 6.45) is 1.37. The van der Waals surface area contributed by atoms with Crippen molar-refractivity contribution >= 4 is 11.8 Å². The molecule has 0 aliphatic heterocycles. The van der Waals surface area contributed by atoms with Crippen LogP contribution in [0.2, 0.25) is 0 Å². The van der Waals surface area contributed by atoms with E-state index in [2.05, 4.69) is 15.7 Å². The van der Waals surface area contributed by atoms with Gasteiger partial charge in [-0.25, -0.2) is 0 Å². The Bertz CT molecular complexity index is 756. The Morgan fingerprint density at radius 1 is 1.15 bits per heavy atom. The van der Waals surface area contributed by atoms with Gasteiger partial charge in [0.1, 0.15) is 11.3 Å². The zero-order valence-corrected chi connectivity index (χ0v) is 15.1. The number of hydrogen-bond donors (Lipinski definition) is 2. The summed E-state index contributed by atoms with van der Waals surface area (Å²) in [6, 6.07) is 6.72. The molecule has 0 fully saturated rings. The highest BCUT2D eigenvalue weighted by molar-refractivity contribution is 5.95. The van der Waals surface area contributed by atoms with E-state index in [0.717, 1.165) is 0 Å². The van der Waals surface area contributed by atoms with Gasteiger partial charge in [0.2, 0.25) is 5.95 Å². The number of nitrogens with one attached hydrogen (secondary N) is 2. The molecule has 7 nitrogen and oxygen atoms in total. The Hall–Kier alpha value is -2.90. The Labute approximate surface area is 151 Å². The SMILES string of the molecule is CCOc1ccc(C(=O)NCCNC(=O)c2cn(C(C)C)nc2F)cc1. The normalized spacial score (nSPS) is 10.7. The van der Waals surface area contributed by atoms with Crippen LogP contribution in [0.25, 0.3) is 0 Å². The van der Waals surface area contributed by atoms with Crippen LogP contribution in [0.4, 0.5) is 4.39 Å². The zero-order chi connectivity index (χ0) is 19.1. The fourth-order valence-corrected chi connectivity index (χ4v) is 2.21. The van der Waals surface area contributed by atoms with E-state index in [1.807, 2.05) is 20.8 Å². The van der Waals surface area contributed by atoms with Crippen molar-refractivity contribution < 1.29 is 18.7 Å². The molecule has 0 spiro atoms. The third-order valence-electron chi connectivity index (χ3n) is 3.58. The van der Waals surface area contributed by atoms with Crippen molar-refractivity contribution in [1.82, 2.24) is 20.4 Å². The van der Waals surface area contributed by atoms with E-state index in [1.54, 1.807) is 24.3 Å². The molecule has 2 aromatic rings. The molecule has 0 saturated heterocycles. The van der Waals surface area contributed by atoms with Crippen molar-refractivity contribution in [3.63, 3.8) is 0 Å². The third kappa shape index (κ3) is 5.05. The van der Waals surface area contributed by atoms with Gasteiger partial charge in [0, 0.05) is 30.9 Å². The largest absolute Gasteiger partial charge is 0.494 e. The van der Waals surface area contributed by atoms with Crippen LogP contribution in [0.1, 0.15) is 47.5 Å². The maximum atomic E-state index is 13.7. The number of aromatic nitrogens is 2. The number of ether oxygens (including phenoxy) is 1. The van der Waals surface area contributed by atoms with Crippen LogP contribution in [0.15, 0.2) is 30.5 Å². The van der Waals surface area contributed by atoms with Gasteiger partial charge in [-0.2, -0.15) is 4.39 Å². The van der Waals surface area contributed by atoms with Crippen molar-refractivity contribution in [2.45, 2.75) is 26.8 Å². The lowest BCUT2D eigenvalue weighted by Gasteiger charge is -2.07. The summed E-state index contributed by atoms with van der Waals surface area (Å²) in [5, 5.41) is 8.90. The van der Waals surface area contributed by atoms with E-state index in [-0.39, 0.29) is 30.6 Å². The van der Waals surface area contributed by atoms with Crippen LogP contribution < -0.4 is 15.4 Å². The molecule has 1 aromatic carbocycles. The fourth-order valence-electron chi connectivity index (χ4n) is 2.21. The van der Waals surface area contributed by atoms with Crippen molar-refractivity contribution in [2.24, 2.45) is 0 Å². The number of hydrogen-bond acceptors (Lipinski definition) is 4. The molecule has 0 bridgehead atoms. The molecule has 0 aliphatic carbocycles. The van der Waals surface area contributed by atoms with Gasteiger partial charge in [-0.1, -0.05) is 0 Å². The highest BCUT2D eigenvalue weighted by Crippen LogP contribution is 2.12. The summed E-state index contributed by atoms with van der Waals surface area (Å²) in [5.74, 6) is -0.944. The number of amides is 2. The zero-order valence-electron chi connectivity index (χ0n) is 15.1. The number of halogens is 1. The van der Waals surface area contributed by atoms with E-state index >= 15 is 0 Å². The van der Waals surface area contributed by atoms with Gasteiger partial charge in [-0.15, -0.1) is 5.10 Å². The third-order valence-corrected chi connectivity index (χ3v) is 3.58. The van der Waals surface area contributed by atoms with Crippen molar-refractivity contribution in [2.75, 3.05) is 19.7 Å². The molecule has 26 heavy (non-hydrogen) atoms. The first-order valence-electron chi connectivity index (χ1n) is 8.46. The highest BCUT2D eigenvalue weighted by Gasteiger charge is 2.17. The second kappa shape index (κ2) is 8.98. The fraction of sp³-hybridized carbons (Fsp3) is 0.389. The molecule has 2 rings (SSSR count). The summed E-state index contributed by atoms with van der Waals surface area (Å²) < 4.78 is 20.4. The van der Waals surface area contributed by atoms with Crippen molar-refractivity contribution in [1.29, 1.82) is 0 Å². The lowest BCUT2D eigenvalue weighted by atomic mass is 10.2. The standard InChI is InChI=1S/C18H23FN4O3/c1-4-26-14-7-5-13(6-8-14)17(24)20-9-10-21-18(25)15-11-23(12(2)3)22-16(15)19/h5-8,11-12H,4,9-10H2,1-3H3,(H,20,24)(H,21,25). The first-order chi connectivity index (χ1) is 12.4. The lowest BCUT2D eigenvalue weighted by Crippen LogP contribution is -2.34. The molecule has 2 N–H and O–H groups in total. The summed E-state index contributed by atoms with van der Waals surface area (Å²) in [5.41, 5.74) is 0.376. The van der Waals surface area contributed by atoms with Gasteiger partial charge in [-0.05, 0) is 45.0 Å². The van der Waals surface area contributed by atoms with Crippen molar-refractivity contribution in [3.05, 3.63) is 47.5 Å². The molecule has 140 valence electrons. The van der Waals surface area contributed by atoms with Gasteiger partial charge >= 0.3 is 0 Å². The first kappa shape index (κ1) is 19.4. The Kier molecular flexibility index (Phi) is 6.71. The molecule has 8 heteroatoms. The van der Waals surface area contributed by atoms with E-state index < -0.39 is 11.9 Å². The second-order valence-electron chi connectivity index (χ2n) is 5.88. The van der Waals surface area contributed by atoms with Gasteiger partial charge in [0.15, 0.2) is 0 Å². The minimum absolute atomic E-state index is 0.0422. The average molecular weight is 362 g/mol. The topological polar surface area (TPSA) is 85.3 Å². The van der Waals surface area contributed by atoms with Crippen LogP contribution in [0, 0.1) is 5.95 Å². The number of carbonyl (C=O) groups excluding carboxylic acids is 2. The Morgan fingerprint density at radius 2 is 1.77 bits per heavy atom. The quantitative estimate of drug-likeness (QED) is 0.705. The molecule has 1 aromatic heterocycles. The monoisotopic (exact) mass is 362 g/mol. The molecular weight excluding hydrogens is 339 g/mol. The summed E-state index contributed by atoms with van der Waals surface area (Å²) in [6.45, 7) is 6.51. The Balaban J connectivity index is 1.79. The number of benzene rings is 1. The van der Waals surface area contributed by atoms with Crippen LogP contribution >= 0.6 is 0 Å². The Morgan fingerprint density at radius 3 is 2.31 bits per heavy atom. The molecule has 0 saturated carbocycles. The van der Waals surface area contributed by atoms with Crippen LogP contribution in [0.5, 0.6) is 5.75 Å². The summed E-state index contributed by atoms with van der Waals surface area (Å²) >= 11 is 0. The van der Waals surface area contributed by atoms with Gasteiger partial charge in [-0.3, -0.25) is 14.3 Å². The molecule has 0 atom stereocenters. The lowest BCUT2D eigenvalue weighted by molar-refractivity contribution is 0.0925. The van der Waals surface area contributed by atoms with E-state index in [4.69, 9.17) is 4.74 Å². The summed E-state index contributed by atoms with van der Waals surface area (Å²) in [7, 11) is 0. The number of carbonyl (C=O) groups is 2. The highest BCUT2D eigenvalue weighted by atomic mass is 19.1. The molecule has 0 radical (unpaired) electrons. The van der Waals surface area contributed by atoms with E-state index in [0.29, 0.717) is 17.9 Å². The smallest absolute Gasteiger partial charge is 0.257 e. The molecule has 1 heterocycles. The maximum Gasteiger partial charge on any atom is 0.257 e. The molecular formula is C18H23FN4O3. The maximum absolute atomic E-state index is 13.7. The minimum atomic E-state index is -0.811. The van der Waals surface area contributed by atoms with E-state index in [9.17, 15) is 14.0 Å².